The largest absolute Gasteiger partial charge is 0.461 e. The molecule has 0 atom stereocenters. The standard InChI is InChI=1S/C24H17NO3/c1-2-28-24(27)22-19(16-12-11-14-7-3-4-8-15(14)13-16)20-21(25-22)17-9-5-6-10-18(17)23(20)26/h3-13,25H,2H2,1H3. The van der Waals surface area contributed by atoms with Gasteiger partial charge in [-0.2, -0.15) is 0 Å². The van der Waals surface area contributed by atoms with E-state index >= 15 is 0 Å². The molecule has 0 saturated heterocycles. The molecule has 1 N–H and O–H groups in total. The van der Waals surface area contributed by atoms with Gasteiger partial charge in [-0.05, 0) is 29.3 Å². The highest BCUT2D eigenvalue weighted by Gasteiger charge is 2.35. The molecule has 1 aromatic heterocycles. The Hall–Kier alpha value is -3.66. The van der Waals surface area contributed by atoms with Crippen LogP contribution in [0.2, 0.25) is 0 Å². The summed E-state index contributed by atoms with van der Waals surface area (Å²) in [6.45, 7) is 2.04. The first-order valence-corrected chi connectivity index (χ1v) is 9.25. The van der Waals surface area contributed by atoms with Crippen molar-refractivity contribution in [2.75, 3.05) is 6.61 Å². The second-order valence-electron chi connectivity index (χ2n) is 6.78. The minimum atomic E-state index is -0.453. The molecule has 0 fully saturated rings. The zero-order valence-electron chi connectivity index (χ0n) is 15.3. The summed E-state index contributed by atoms with van der Waals surface area (Å²) in [5.74, 6) is -0.522. The van der Waals surface area contributed by atoms with Crippen molar-refractivity contribution >= 4 is 22.5 Å². The predicted octanol–water partition coefficient (Wildman–Crippen LogP) is 5.22. The van der Waals surface area contributed by atoms with Crippen LogP contribution in [0.3, 0.4) is 0 Å². The number of ether oxygens (including phenoxy) is 1. The Kier molecular flexibility index (Phi) is 3.66. The number of nitrogens with one attached hydrogen (secondary N) is 1. The van der Waals surface area contributed by atoms with Crippen molar-refractivity contribution in [2.45, 2.75) is 6.92 Å². The van der Waals surface area contributed by atoms with Crippen LogP contribution in [-0.2, 0) is 4.74 Å². The van der Waals surface area contributed by atoms with Crippen LogP contribution in [0, 0.1) is 0 Å². The van der Waals surface area contributed by atoms with Crippen LogP contribution in [0.4, 0.5) is 0 Å². The maximum Gasteiger partial charge on any atom is 0.355 e. The van der Waals surface area contributed by atoms with Crippen LogP contribution in [0.15, 0.2) is 66.7 Å². The fourth-order valence-corrected chi connectivity index (χ4v) is 3.95. The molecule has 136 valence electrons. The van der Waals surface area contributed by atoms with Gasteiger partial charge in [0.25, 0.3) is 0 Å². The van der Waals surface area contributed by atoms with Gasteiger partial charge in [-0.25, -0.2) is 4.79 Å². The van der Waals surface area contributed by atoms with Crippen LogP contribution in [0.5, 0.6) is 0 Å². The van der Waals surface area contributed by atoms with Crippen LogP contribution in [-0.4, -0.2) is 23.3 Å². The summed E-state index contributed by atoms with van der Waals surface area (Å²) in [4.78, 5) is 29.0. The lowest BCUT2D eigenvalue weighted by molar-refractivity contribution is 0.0521. The summed E-state index contributed by atoms with van der Waals surface area (Å²) >= 11 is 0. The number of carbonyl (C=O) groups excluding carboxylic acids is 2. The maximum absolute atomic E-state index is 13.2. The van der Waals surface area contributed by atoms with E-state index < -0.39 is 5.97 Å². The minimum absolute atomic E-state index is 0.0689. The van der Waals surface area contributed by atoms with E-state index in [1.54, 1.807) is 6.92 Å². The topological polar surface area (TPSA) is 59.2 Å². The van der Waals surface area contributed by atoms with Gasteiger partial charge < -0.3 is 9.72 Å². The SMILES string of the molecule is CCOC(=O)c1[nH]c2c(c1-c1ccc3ccccc3c1)C(=O)c1ccccc1-2. The first-order valence-electron chi connectivity index (χ1n) is 9.25. The zero-order valence-corrected chi connectivity index (χ0v) is 15.3. The zero-order chi connectivity index (χ0) is 19.3. The molecule has 0 unspecified atom stereocenters. The van der Waals surface area contributed by atoms with Crippen molar-refractivity contribution in [3.8, 4) is 22.4 Å². The highest BCUT2D eigenvalue weighted by molar-refractivity contribution is 6.26. The molecule has 1 heterocycles. The van der Waals surface area contributed by atoms with Crippen LogP contribution in [0.1, 0.15) is 33.3 Å². The molecule has 0 saturated carbocycles. The van der Waals surface area contributed by atoms with E-state index in [1.165, 1.54) is 0 Å². The van der Waals surface area contributed by atoms with E-state index in [4.69, 9.17) is 4.74 Å². The summed E-state index contributed by atoms with van der Waals surface area (Å²) in [5.41, 5.74) is 4.46. The lowest BCUT2D eigenvalue weighted by Gasteiger charge is -2.08. The lowest BCUT2D eigenvalue weighted by Crippen LogP contribution is -2.08. The van der Waals surface area contributed by atoms with Crippen LogP contribution < -0.4 is 0 Å². The van der Waals surface area contributed by atoms with Crippen molar-refractivity contribution in [1.29, 1.82) is 0 Å². The first kappa shape index (κ1) is 16.5. The van der Waals surface area contributed by atoms with Gasteiger partial charge in [0, 0.05) is 16.7 Å². The average molecular weight is 367 g/mol. The quantitative estimate of drug-likeness (QED) is 0.445. The van der Waals surface area contributed by atoms with E-state index in [-0.39, 0.29) is 12.4 Å². The molecule has 1 aliphatic rings. The fraction of sp³-hybridized carbons (Fsp3) is 0.0833. The van der Waals surface area contributed by atoms with Gasteiger partial charge in [-0.15, -0.1) is 0 Å². The molecule has 28 heavy (non-hydrogen) atoms. The van der Waals surface area contributed by atoms with Gasteiger partial charge in [-0.1, -0.05) is 60.7 Å². The number of ketones is 1. The third-order valence-electron chi connectivity index (χ3n) is 5.19. The minimum Gasteiger partial charge on any atom is -0.461 e. The van der Waals surface area contributed by atoms with Crippen LogP contribution in [0.25, 0.3) is 33.2 Å². The highest BCUT2D eigenvalue weighted by Crippen LogP contribution is 2.44. The molecule has 4 nitrogen and oxygen atoms in total. The van der Waals surface area contributed by atoms with Gasteiger partial charge >= 0.3 is 5.97 Å². The third kappa shape index (κ3) is 2.31. The van der Waals surface area contributed by atoms with Crippen molar-refractivity contribution < 1.29 is 14.3 Å². The summed E-state index contributed by atoms with van der Waals surface area (Å²) < 4.78 is 5.26. The molecule has 5 rings (SSSR count). The maximum atomic E-state index is 13.2. The number of aromatic nitrogens is 1. The normalized spacial score (nSPS) is 12.1. The Balaban J connectivity index is 1.80. The fourth-order valence-electron chi connectivity index (χ4n) is 3.95. The van der Waals surface area contributed by atoms with E-state index in [0.29, 0.717) is 28.1 Å². The van der Waals surface area contributed by atoms with Crippen LogP contribution >= 0.6 is 0 Å². The molecule has 0 bridgehead atoms. The number of carbonyl (C=O) groups is 2. The lowest BCUT2D eigenvalue weighted by atomic mass is 9.96. The van der Waals surface area contributed by atoms with Crippen molar-refractivity contribution in [3.05, 3.63) is 83.6 Å². The van der Waals surface area contributed by atoms with Gasteiger partial charge in [-0.3, -0.25) is 4.79 Å². The van der Waals surface area contributed by atoms with Crippen molar-refractivity contribution in [3.63, 3.8) is 0 Å². The highest BCUT2D eigenvalue weighted by atomic mass is 16.5. The van der Waals surface area contributed by atoms with E-state index in [1.807, 2.05) is 66.7 Å². The Bertz CT molecular complexity index is 1270. The number of benzene rings is 3. The van der Waals surface area contributed by atoms with Crippen molar-refractivity contribution in [1.82, 2.24) is 4.98 Å². The predicted molar refractivity (Wildman–Crippen MR) is 109 cm³/mol. The first-order chi connectivity index (χ1) is 13.7. The van der Waals surface area contributed by atoms with E-state index in [0.717, 1.165) is 21.9 Å². The van der Waals surface area contributed by atoms with E-state index in [2.05, 4.69) is 4.98 Å². The average Bonchev–Trinajstić information content (AvgIpc) is 3.25. The third-order valence-corrected chi connectivity index (χ3v) is 5.19. The summed E-state index contributed by atoms with van der Waals surface area (Å²) in [6, 6.07) is 21.4. The summed E-state index contributed by atoms with van der Waals surface area (Å²) in [6.07, 6.45) is 0. The van der Waals surface area contributed by atoms with Crippen molar-refractivity contribution in [2.24, 2.45) is 0 Å². The molecule has 0 amide bonds. The number of rotatable bonds is 3. The second-order valence-corrected chi connectivity index (χ2v) is 6.78. The number of esters is 1. The molecule has 4 aromatic rings. The number of H-pyrrole nitrogens is 1. The molecular formula is C24H17NO3. The Morgan fingerprint density at radius 1 is 0.893 bits per heavy atom. The number of hydrogen-bond acceptors (Lipinski definition) is 3. The molecule has 4 heteroatoms. The van der Waals surface area contributed by atoms with Gasteiger partial charge in [0.15, 0.2) is 5.78 Å². The molecule has 0 radical (unpaired) electrons. The van der Waals surface area contributed by atoms with E-state index in [9.17, 15) is 9.59 Å². The number of aromatic amines is 1. The molecule has 1 aliphatic carbocycles. The van der Waals surface area contributed by atoms with Gasteiger partial charge in [0.1, 0.15) is 5.69 Å². The Morgan fingerprint density at radius 3 is 2.39 bits per heavy atom. The van der Waals surface area contributed by atoms with Gasteiger partial charge in [0.2, 0.25) is 0 Å². The van der Waals surface area contributed by atoms with Gasteiger partial charge in [0.05, 0.1) is 17.9 Å². The monoisotopic (exact) mass is 367 g/mol. The summed E-state index contributed by atoms with van der Waals surface area (Å²) in [7, 11) is 0. The Labute approximate surface area is 161 Å². The number of fused-ring (bicyclic) bond motifs is 4. The molecule has 0 aliphatic heterocycles. The second kappa shape index (κ2) is 6.20. The smallest absolute Gasteiger partial charge is 0.355 e. The molecular weight excluding hydrogens is 350 g/mol. The Morgan fingerprint density at radius 2 is 1.61 bits per heavy atom. The number of hydrogen-bond donors (Lipinski definition) is 1. The molecule has 3 aromatic carbocycles. The summed E-state index contributed by atoms with van der Waals surface area (Å²) in [5, 5.41) is 2.15. The molecule has 0 spiro atoms.